The van der Waals surface area contributed by atoms with Crippen molar-refractivity contribution < 1.29 is 24.2 Å². The molecule has 0 aliphatic rings. The van der Waals surface area contributed by atoms with Crippen molar-refractivity contribution in [2.75, 3.05) is 11.9 Å². The van der Waals surface area contributed by atoms with Crippen molar-refractivity contribution in [1.29, 1.82) is 0 Å². The summed E-state index contributed by atoms with van der Waals surface area (Å²) in [7, 11) is 0. The van der Waals surface area contributed by atoms with Gasteiger partial charge in [0.25, 0.3) is 0 Å². The number of nitrogens with one attached hydrogen (secondary N) is 3. The Balaban J connectivity index is 1.40. The highest BCUT2D eigenvalue weighted by molar-refractivity contribution is 5.95. The van der Waals surface area contributed by atoms with Gasteiger partial charge >= 0.3 is 18.1 Å². The van der Waals surface area contributed by atoms with Gasteiger partial charge in [0.2, 0.25) is 0 Å². The van der Waals surface area contributed by atoms with Crippen LogP contribution in [0.5, 0.6) is 0 Å². The van der Waals surface area contributed by atoms with Crippen LogP contribution in [0.3, 0.4) is 0 Å². The molecule has 8 nitrogen and oxygen atoms in total. The summed E-state index contributed by atoms with van der Waals surface area (Å²) in [6.45, 7) is 0.381. The average Bonchev–Trinajstić information content (AvgIpc) is 2.80. The third-order valence-corrected chi connectivity index (χ3v) is 4.76. The lowest BCUT2D eigenvalue weighted by atomic mass is 10.1. The number of alkyl carbamates (subject to hydrolysis) is 1. The van der Waals surface area contributed by atoms with Gasteiger partial charge in [-0.1, -0.05) is 60.7 Å². The first kappa shape index (κ1) is 22.6. The number of benzene rings is 3. The number of urea groups is 1. The molecule has 4 N–H and O–H groups in total. The molecule has 3 amide bonds. The third-order valence-electron chi connectivity index (χ3n) is 4.76. The van der Waals surface area contributed by atoms with Crippen molar-refractivity contribution >= 4 is 34.6 Å². The van der Waals surface area contributed by atoms with Crippen LogP contribution in [0.1, 0.15) is 18.4 Å². The van der Waals surface area contributed by atoms with Crippen LogP contribution in [0.2, 0.25) is 0 Å². The monoisotopic (exact) mass is 435 g/mol. The first-order valence-electron chi connectivity index (χ1n) is 10.2. The fraction of sp³-hybridized carbons (Fsp3) is 0.208. The molecule has 0 bridgehead atoms. The lowest BCUT2D eigenvalue weighted by Gasteiger charge is -2.15. The van der Waals surface area contributed by atoms with Gasteiger partial charge in [-0.3, -0.25) is 0 Å². The van der Waals surface area contributed by atoms with E-state index in [-0.39, 0.29) is 19.6 Å². The van der Waals surface area contributed by atoms with Gasteiger partial charge < -0.3 is 25.8 Å². The van der Waals surface area contributed by atoms with E-state index in [1.165, 1.54) is 0 Å². The molecule has 166 valence electrons. The Labute approximate surface area is 185 Å². The predicted molar refractivity (Wildman–Crippen MR) is 121 cm³/mol. The zero-order chi connectivity index (χ0) is 22.8. The van der Waals surface area contributed by atoms with E-state index in [1.54, 1.807) is 6.07 Å². The van der Waals surface area contributed by atoms with E-state index >= 15 is 0 Å². The van der Waals surface area contributed by atoms with Gasteiger partial charge in [-0.15, -0.1) is 0 Å². The van der Waals surface area contributed by atoms with Gasteiger partial charge in [-0.05, 0) is 41.3 Å². The lowest BCUT2D eigenvalue weighted by Crippen LogP contribution is -2.43. The Hall–Kier alpha value is -4.07. The predicted octanol–water partition coefficient (Wildman–Crippen LogP) is 4.12. The van der Waals surface area contributed by atoms with E-state index in [0.29, 0.717) is 12.1 Å². The molecule has 32 heavy (non-hydrogen) atoms. The maximum Gasteiger partial charge on any atom is 0.407 e. The van der Waals surface area contributed by atoms with E-state index in [4.69, 9.17) is 4.74 Å². The Morgan fingerprint density at radius 1 is 0.906 bits per heavy atom. The van der Waals surface area contributed by atoms with E-state index in [0.717, 1.165) is 16.3 Å². The SMILES string of the molecule is O=C(Nc1ccc2ccccc2c1)NC(CCCNC(=O)OCc1ccccc1)C(=O)O. The summed E-state index contributed by atoms with van der Waals surface area (Å²) in [4.78, 5) is 35.5. The average molecular weight is 435 g/mol. The van der Waals surface area contributed by atoms with Crippen LogP contribution in [0.15, 0.2) is 72.8 Å². The first-order valence-corrected chi connectivity index (χ1v) is 10.2. The maximum atomic E-state index is 12.2. The molecule has 0 heterocycles. The zero-order valence-electron chi connectivity index (χ0n) is 17.4. The standard InChI is InChI=1S/C24H25N3O5/c28-22(29)21(11-6-14-25-24(31)32-16-17-7-2-1-3-8-17)27-23(30)26-20-13-12-18-9-4-5-10-19(18)15-20/h1-5,7-10,12-13,15,21H,6,11,14,16H2,(H,25,31)(H,28,29)(H2,26,27,30). The van der Waals surface area contributed by atoms with Crippen molar-refractivity contribution in [2.45, 2.75) is 25.5 Å². The molecular formula is C24H25N3O5. The minimum Gasteiger partial charge on any atom is -0.480 e. The Morgan fingerprint density at radius 3 is 2.38 bits per heavy atom. The summed E-state index contributed by atoms with van der Waals surface area (Å²) in [5.74, 6) is -1.15. The fourth-order valence-corrected chi connectivity index (χ4v) is 3.12. The topological polar surface area (TPSA) is 117 Å². The van der Waals surface area contributed by atoms with E-state index < -0.39 is 24.1 Å². The molecular weight excluding hydrogens is 410 g/mol. The molecule has 3 rings (SSSR count). The number of amides is 3. The molecule has 3 aromatic carbocycles. The number of ether oxygens (including phenoxy) is 1. The second kappa shape index (κ2) is 11.4. The number of carboxylic acids is 1. The van der Waals surface area contributed by atoms with Crippen LogP contribution >= 0.6 is 0 Å². The number of hydrogen-bond acceptors (Lipinski definition) is 4. The van der Waals surface area contributed by atoms with Crippen molar-refractivity contribution in [3.8, 4) is 0 Å². The molecule has 0 aliphatic heterocycles. The molecule has 0 aromatic heterocycles. The normalized spacial score (nSPS) is 11.4. The van der Waals surface area contributed by atoms with Crippen molar-refractivity contribution in [2.24, 2.45) is 0 Å². The molecule has 1 unspecified atom stereocenters. The first-order chi connectivity index (χ1) is 15.5. The molecule has 0 aliphatic carbocycles. The molecule has 3 aromatic rings. The summed E-state index contributed by atoms with van der Waals surface area (Å²) in [6.07, 6.45) is -0.0738. The number of carboxylic acid groups (broad SMARTS) is 1. The second-order valence-corrected chi connectivity index (χ2v) is 7.18. The van der Waals surface area contributed by atoms with Crippen LogP contribution in [0.4, 0.5) is 15.3 Å². The van der Waals surface area contributed by atoms with Crippen molar-refractivity contribution in [3.63, 3.8) is 0 Å². The molecule has 0 spiro atoms. The number of carbonyl (C=O) groups excluding carboxylic acids is 2. The Morgan fingerprint density at radius 2 is 1.62 bits per heavy atom. The maximum absolute atomic E-state index is 12.2. The zero-order valence-corrected chi connectivity index (χ0v) is 17.4. The van der Waals surface area contributed by atoms with Crippen LogP contribution < -0.4 is 16.0 Å². The highest BCUT2D eigenvalue weighted by Crippen LogP contribution is 2.18. The molecule has 8 heteroatoms. The van der Waals surface area contributed by atoms with Gasteiger partial charge in [-0.25, -0.2) is 14.4 Å². The van der Waals surface area contributed by atoms with E-state index in [9.17, 15) is 19.5 Å². The lowest BCUT2D eigenvalue weighted by molar-refractivity contribution is -0.139. The minimum atomic E-state index is -1.15. The highest BCUT2D eigenvalue weighted by atomic mass is 16.5. The molecule has 0 saturated carbocycles. The van der Waals surface area contributed by atoms with Crippen molar-refractivity contribution in [3.05, 3.63) is 78.4 Å². The largest absolute Gasteiger partial charge is 0.480 e. The Bertz CT molecular complexity index is 1070. The van der Waals surface area contributed by atoms with Gasteiger partial charge in [0.15, 0.2) is 0 Å². The van der Waals surface area contributed by atoms with Crippen LogP contribution in [0, 0.1) is 0 Å². The summed E-state index contributed by atoms with van der Waals surface area (Å²) in [5.41, 5.74) is 1.43. The van der Waals surface area contributed by atoms with Gasteiger partial charge in [0.05, 0.1) is 0 Å². The summed E-state index contributed by atoms with van der Waals surface area (Å²) in [5, 5.41) is 19.1. The second-order valence-electron chi connectivity index (χ2n) is 7.18. The van der Waals surface area contributed by atoms with Crippen LogP contribution in [-0.2, 0) is 16.1 Å². The molecule has 0 saturated heterocycles. The summed E-state index contributed by atoms with van der Waals surface area (Å²) in [6, 6.07) is 20.7. The number of hydrogen-bond donors (Lipinski definition) is 4. The van der Waals surface area contributed by atoms with Gasteiger partial charge in [0.1, 0.15) is 12.6 Å². The van der Waals surface area contributed by atoms with Crippen LogP contribution in [0.25, 0.3) is 10.8 Å². The number of rotatable bonds is 9. The van der Waals surface area contributed by atoms with Crippen molar-refractivity contribution in [1.82, 2.24) is 10.6 Å². The summed E-state index contributed by atoms with van der Waals surface area (Å²) >= 11 is 0. The number of aliphatic carboxylic acids is 1. The smallest absolute Gasteiger partial charge is 0.407 e. The van der Waals surface area contributed by atoms with Gasteiger partial charge in [0, 0.05) is 12.2 Å². The molecule has 1 atom stereocenters. The minimum absolute atomic E-state index is 0.152. The molecule has 0 fully saturated rings. The molecule has 0 radical (unpaired) electrons. The van der Waals surface area contributed by atoms with Gasteiger partial charge in [-0.2, -0.15) is 0 Å². The number of anilines is 1. The third kappa shape index (κ3) is 7.02. The van der Waals surface area contributed by atoms with Crippen LogP contribution in [-0.4, -0.2) is 35.8 Å². The van der Waals surface area contributed by atoms with E-state index in [1.807, 2.05) is 66.7 Å². The Kier molecular flexibility index (Phi) is 8.02. The quantitative estimate of drug-likeness (QED) is 0.377. The fourth-order valence-electron chi connectivity index (χ4n) is 3.12. The number of fused-ring (bicyclic) bond motifs is 1. The summed E-state index contributed by atoms with van der Waals surface area (Å²) < 4.78 is 5.10. The number of carbonyl (C=O) groups is 3. The van der Waals surface area contributed by atoms with E-state index in [2.05, 4.69) is 16.0 Å². The highest BCUT2D eigenvalue weighted by Gasteiger charge is 2.19.